The van der Waals surface area contributed by atoms with E-state index in [-0.39, 0.29) is 5.91 Å². The number of aromatic nitrogens is 4. The predicted molar refractivity (Wildman–Crippen MR) is 119 cm³/mol. The molecule has 0 unspecified atom stereocenters. The molecule has 0 fully saturated rings. The van der Waals surface area contributed by atoms with Crippen molar-refractivity contribution in [2.24, 2.45) is 0 Å². The van der Waals surface area contributed by atoms with Crippen molar-refractivity contribution in [2.45, 2.75) is 20.4 Å². The lowest BCUT2D eigenvalue weighted by atomic mass is 10.2. The minimum Gasteiger partial charge on any atom is -0.463 e. The number of furan rings is 1. The van der Waals surface area contributed by atoms with Crippen LogP contribution < -0.4 is 5.32 Å². The molecule has 8 heteroatoms. The minimum absolute atomic E-state index is 0.266. The van der Waals surface area contributed by atoms with Gasteiger partial charge in [-0.05, 0) is 37.4 Å². The third-order valence-electron chi connectivity index (χ3n) is 5.15. The van der Waals surface area contributed by atoms with Crippen LogP contribution in [0.5, 0.6) is 0 Å². The Morgan fingerprint density at radius 1 is 1.13 bits per heavy atom. The SMILES string of the molecule is CCN(CC)CCn1cc(NC(=O)c2cc(-c3ccco3)nn2-c2ccccc2)cn1. The molecule has 0 bridgehead atoms. The third kappa shape index (κ3) is 4.75. The van der Waals surface area contributed by atoms with Gasteiger partial charge in [0.2, 0.25) is 0 Å². The van der Waals surface area contributed by atoms with E-state index in [1.807, 2.05) is 47.3 Å². The Balaban J connectivity index is 1.54. The second kappa shape index (κ2) is 9.44. The van der Waals surface area contributed by atoms with Gasteiger partial charge in [0.15, 0.2) is 5.76 Å². The number of carbonyl (C=O) groups excluding carboxylic acids is 1. The summed E-state index contributed by atoms with van der Waals surface area (Å²) < 4.78 is 8.93. The zero-order chi connectivity index (χ0) is 21.6. The first kappa shape index (κ1) is 20.6. The van der Waals surface area contributed by atoms with E-state index in [9.17, 15) is 4.79 Å². The number of benzene rings is 1. The van der Waals surface area contributed by atoms with Gasteiger partial charge in [0.1, 0.15) is 11.4 Å². The maximum absolute atomic E-state index is 13.1. The summed E-state index contributed by atoms with van der Waals surface area (Å²) in [6.07, 6.45) is 5.10. The van der Waals surface area contributed by atoms with Crippen molar-refractivity contribution < 1.29 is 9.21 Å². The predicted octanol–water partition coefficient (Wildman–Crippen LogP) is 3.92. The van der Waals surface area contributed by atoms with Crippen molar-refractivity contribution in [3.8, 4) is 17.1 Å². The van der Waals surface area contributed by atoms with Gasteiger partial charge in [0.05, 0.1) is 30.4 Å². The van der Waals surface area contributed by atoms with Crippen LogP contribution >= 0.6 is 0 Å². The van der Waals surface area contributed by atoms with E-state index in [2.05, 4.69) is 34.3 Å². The molecule has 31 heavy (non-hydrogen) atoms. The molecule has 0 saturated heterocycles. The molecule has 4 rings (SSSR count). The number of hydrogen-bond acceptors (Lipinski definition) is 5. The molecule has 0 radical (unpaired) electrons. The first-order chi connectivity index (χ1) is 15.2. The van der Waals surface area contributed by atoms with Crippen LogP contribution in [0.1, 0.15) is 24.3 Å². The molecule has 0 saturated carbocycles. The summed E-state index contributed by atoms with van der Waals surface area (Å²) >= 11 is 0. The maximum atomic E-state index is 13.1. The van der Waals surface area contributed by atoms with Gasteiger partial charge in [-0.2, -0.15) is 10.2 Å². The van der Waals surface area contributed by atoms with Gasteiger partial charge in [-0.15, -0.1) is 0 Å². The van der Waals surface area contributed by atoms with Crippen molar-refractivity contribution in [3.63, 3.8) is 0 Å². The highest BCUT2D eigenvalue weighted by Crippen LogP contribution is 2.23. The molecule has 1 N–H and O–H groups in total. The lowest BCUT2D eigenvalue weighted by Crippen LogP contribution is -2.27. The maximum Gasteiger partial charge on any atom is 0.274 e. The molecule has 0 aliphatic carbocycles. The Labute approximate surface area is 181 Å². The van der Waals surface area contributed by atoms with Crippen molar-refractivity contribution in [1.29, 1.82) is 0 Å². The smallest absolute Gasteiger partial charge is 0.274 e. The average Bonchev–Trinajstić information content (AvgIpc) is 3.55. The van der Waals surface area contributed by atoms with E-state index < -0.39 is 0 Å². The monoisotopic (exact) mass is 418 g/mol. The molecule has 1 aromatic carbocycles. The summed E-state index contributed by atoms with van der Waals surface area (Å²) in [5.74, 6) is 0.338. The molecule has 0 spiro atoms. The number of nitrogens with zero attached hydrogens (tertiary/aromatic N) is 5. The lowest BCUT2D eigenvalue weighted by molar-refractivity contribution is 0.101. The van der Waals surface area contributed by atoms with Crippen molar-refractivity contribution in [2.75, 3.05) is 25.0 Å². The van der Waals surface area contributed by atoms with Gasteiger partial charge in [-0.1, -0.05) is 32.0 Å². The van der Waals surface area contributed by atoms with E-state index in [1.54, 1.807) is 29.3 Å². The van der Waals surface area contributed by atoms with Gasteiger partial charge in [-0.3, -0.25) is 9.48 Å². The molecule has 0 aliphatic heterocycles. The first-order valence-electron chi connectivity index (χ1n) is 10.4. The van der Waals surface area contributed by atoms with Crippen molar-refractivity contribution >= 4 is 11.6 Å². The zero-order valence-corrected chi connectivity index (χ0v) is 17.7. The molecular weight excluding hydrogens is 392 g/mol. The van der Waals surface area contributed by atoms with Gasteiger partial charge < -0.3 is 14.6 Å². The summed E-state index contributed by atoms with van der Waals surface area (Å²) in [7, 11) is 0. The second-order valence-electron chi connectivity index (χ2n) is 7.11. The lowest BCUT2D eigenvalue weighted by Gasteiger charge is -2.17. The number of nitrogens with one attached hydrogen (secondary N) is 1. The fourth-order valence-electron chi connectivity index (χ4n) is 3.38. The van der Waals surface area contributed by atoms with Crippen molar-refractivity contribution in [1.82, 2.24) is 24.5 Å². The molecule has 0 aliphatic rings. The van der Waals surface area contributed by atoms with Crippen LogP contribution in [0.3, 0.4) is 0 Å². The highest BCUT2D eigenvalue weighted by molar-refractivity contribution is 6.03. The summed E-state index contributed by atoms with van der Waals surface area (Å²) in [5.41, 5.74) is 2.44. The zero-order valence-electron chi connectivity index (χ0n) is 17.7. The van der Waals surface area contributed by atoms with Crippen LogP contribution in [0.25, 0.3) is 17.1 Å². The van der Waals surface area contributed by atoms with Crippen LogP contribution in [-0.2, 0) is 6.54 Å². The third-order valence-corrected chi connectivity index (χ3v) is 5.15. The van der Waals surface area contributed by atoms with Gasteiger partial charge in [0, 0.05) is 18.8 Å². The molecule has 160 valence electrons. The summed E-state index contributed by atoms with van der Waals surface area (Å²) in [4.78, 5) is 15.4. The fourth-order valence-corrected chi connectivity index (χ4v) is 3.38. The molecule has 1 amide bonds. The summed E-state index contributed by atoms with van der Waals surface area (Å²) in [6.45, 7) is 7.97. The van der Waals surface area contributed by atoms with Crippen LogP contribution in [0.15, 0.2) is 71.6 Å². The highest BCUT2D eigenvalue weighted by Gasteiger charge is 2.19. The number of anilines is 1. The van der Waals surface area contributed by atoms with Crippen LogP contribution in [-0.4, -0.2) is 50.0 Å². The minimum atomic E-state index is -0.266. The Morgan fingerprint density at radius 3 is 2.65 bits per heavy atom. The largest absolute Gasteiger partial charge is 0.463 e. The number of hydrogen-bond donors (Lipinski definition) is 1. The topological polar surface area (TPSA) is 81.1 Å². The Hall–Kier alpha value is -3.65. The second-order valence-corrected chi connectivity index (χ2v) is 7.11. The number of carbonyl (C=O) groups is 1. The van der Waals surface area contributed by atoms with Crippen LogP contribution in [0.4, 0.5) is 5.69 Å². The van der Waals surface area contributed by atoms with Crippen molar-refractivity contribution in [3.05, 3.63) is 72.9 Å². The molecule has 4 aromatic rings. The number of para-hydroxylation sites is 1. The quantitative estimate of drug-likeness (QED) is 0.446. The Bertz CT molecular complexity index is 1110. The van der Waals surface area contributed by atoms with Gasteiger partial charge in [0.25, 0.3) is 5.91 Å². The average molecular weight is 419 g/mol. The molecule has 3 heterocycles. The van der Waals surface area contributed by atoms with Gasteiger partial charge >= 0.3 is 0 Å². The van der Waals surface area contributed by atoms with E-state index in [4.69, 9.17) is 4.42 Å². The molecule has 3 aromatic heterocycles. The highest BCUT2D eigenvalue weighted by atomic mass is 16.3. The standard InChI is InChI=1S/C23H26N6O2/c1-3-27(4-2)12-13-28-17-18(16-24-28)25-23(30)21-15-20(22-11-8-14-31-22)26-29(21)19-9-6-5-7-10-19/h5-11,14-17H,3-4,12-13H2,1-2H3,(H,25,30). The number of likely N-dealkylation sites (N-methyl/N-ethyl adjacent to an activating group) is 1. The molecule has 8 nitrogen and oxygen atoms in total. The summed E-state index contributed by atoms with van der Waals surface area (Å²) in [5, 5.41) is 11.9. The Morgan fingerprint density at radius 2 is 1.94 bits per heavy atom. The normalized spacial score (nSPS) is 11.2. The Kier molecular flexibility index (Phi) is 6.28. The fraction of sp³-hybridized carbons (Fsp3) is 0.261. The van der Waals surface area contributed by atoms with Crippen LogP contribution in [0, 0.1) is 0 Å². The molecule has 0 atom stereocenters. The van der Waals surface area contributed by atoms with E-state index in [0.29, 0.717) is 22.8 Å². The molecular formula is C23H26N6O2. The first-order valence-corrected chi connectivity index (χ1v) is 10.4. The number of amides is 1. The van der Waals surface area contributed by atoms with Crippen LogP contribution in [0.2, 0.25) is 0 Å². The summed E-state index contributed by atoms with van der Waals surface area (Å²) in [6, 6.07) is 14.9. The number of rotatable bonds is 9. The van der Waals surface area contributed by atoms with E-state index >= 15 is 0 Å². The van der Waals surface area contributed by atoms with Gasteiger partial charge in [-0.25, -0.2) is 4.68 Å². The van der Waals surface area contributed by atoms with E-state index in [1.165, 1.54) is 0 Å². The van der Waals surface area contributed by atoms with E-state index in [0.717, 1.165) is 31.9 Å².